The van der Waals surface area contributed by atoms with Crippen molar-refractivity contribution in [3.05, 3.63) is 12.2 Å². The lowest BCUT2D eigenvalue weighted by Gasteiger charge is -2.51. The zero-order valence-corrected chi connectivity index (χ0v) is 12.8. The van der Waals surface area contributed by atoms with Gasteiger partial charge in [0, 0.05) is 31.2 Å². The highest BCUT2D eigenvalue weighted by molar-refractivity contribution is 5.07. The van der Waals surface area contributed by atoms with Crippen LogP contribution in [0.5, 0.6) is 0 Å². The van der Waals surface area contributed by atoms with Crippen LogP contribution in [0.3, 0.4) is 0 Å². The highest BCUT2D eigenvalue weighted by Crippen LogP contribution is 2.44. The van der Waals surface area contributed by atoms with Gasteiger partial charge in [-0.1, -0.05) is 32.9 Å². The van der Waals surface area contributed by atoms with E-state index in [9.17, 15) is 0 Å². The number of nitrogens with zero attached hydrogens (tertiary/aromatic N) is 1. The van der Waals surface area contributed by atoms with E-state index in [2.05, 4.69) is 57.0 Å². The SMILES string of the molecule is C/C=C/CN1CC(C(C)(C)C)NCC1(C)C1CC1. The molecule has 1 aliphatic heterocycles. The van der Waals surface area contributed by atoms with E-state index >= 15 is 0 Å². The first kappa shape index (κ1) is 14.1. The summed E-state index contributed by atoms with van der Waals surface area (Å²) < 4.78 is 0. The molecule has 1 aliphatic carbocycles. The first-order valence-electron chi connectivity index (χ1n) is 7.47. The molecule has 0 radical (unpaired) electrons. The van der Waals surface area contributed by atoms with Gasteiger partial charge in [0.2, 0.25) is 0 Å². The van der Waals surface area contributed by atoms with Crippen LogP contribution in [0.2, 0.25) is 0 Å². The molecule has 2 heteroatoms. The van der Waals surface area contributed by atoms with E-state index in [1.165, 1.54) is 19.4 Å². The molecule has 2 nitrogen and oxygen atoms in total. The maximum Gasteiger partial charge on any atom is 0.0337 e. The van der Waals surface area contributed by atoms with E-state index in [1.807, 2.05) is 0 Å². The molecule has 2 atom stereocenters. The van der Waals surface area contributed by atoms with Crippen molar-refractivity contribution in [2.24, 2.45) is 11.3 Å². The molecule has 2 aliphatic rings. The van der Waals surface area contributed by atoms with Crippen molar-refractivity contribution in [1.82, 2.24) is 10.2 Å². The van der Waals surface area contributed by atoms with E-state index in [-0.39, 0.29) is 0 Å². The van der Waals surface area contributed by atoms with Crippen molar-refractivity contribution in [2.45, 2.75) is 59.0 Å². The summed E-state index contributed by atoms with van der Waals surface area (Å²) in [6.07, 6.45) is 7.34. The molecule has 104 valence electrons. The number of hydrogen-bond acceptors (Lipinski definition) is 2. The van der Waals surface area contributed by atoms with Crippen LogP contribution >= 0.6 is 0 Å². The first-order valence-corrected chi connectivity index (χ1v) is 7.47. The molecule has 18 heavy (non-hydrogen) atoms. The molecule has 0 aromatic rings. The van der Waals surface area contributed by atoms with Crippen LogP contribution in [-0.4, -0.2) is 36.1 Å². The molecule has 1 saturated heterocycles. The molecule has 0 spiro atoms. The predicted molar refractivity (Wildman–Crippen MR) is 78.8 cm³/mol. The van der Waals surface area contributed by atoms with E-state index < -0.39 is 0 Å². The third-order valence-electron chi connectivity index (χ3n) is 4.90. The topological polar surface area (TPSA) is 15.3 Å². The van der Waals surface area contributed by atoms with Crippen LogP contribution in [0.15, 0.2) is 12.2 Å². The maximum absolute atomic E-state index is 3.81. The van der Waals surface area contributed by atoms with Crippen molar-refractivity contribution in [3.8, 4) is 0 Å². The Balaban J connectivity index is 2.10. The molecule has 1 saturated carbocycles. The van der Waals surface area contributed by atoms with Gasteiger partial charge in [0.05, 0.1) is 0 Å². The third kappa shape index (κ3) is 2.80. The minimum absolute atomic E-state index is 0.346. The van der Waals surface area contributed by atoms with Crippen molar-refractivity contribution >= 4 is 0 Å². The largest absolute Gasteiger partial charge is 0.310 e. The average molecular weight is 250 g/mol. The Hall–Kier alpha value is -0.340. The van der Waals surface area contributed by atoms with Gasteiger partial charge in [-0.25, -0.2) is 0 Å². The number of allylic oxidation sites excluding steroid dienone is 1. The minimum atomic E-state index is 0.346. The number of piperazine rings is 1. The van der Waals surface area contributed by atoms with Crippen molar-refractivity contribution in [1.29, 1.82) is 0 Å². The molecule has 0 aromatic heterocycles. The Morgan fingerprint density at radius 1 is 1.33 bits per heavy atom. The number of rotatable bonds is 3. The third-order valence-corrected chi connectivity index (χ3v) is 4.90. The number of hydrogen-bond donors (Lipinski definition) is 1. The van der Waals surface area contributed by atoms with Gasteiger partial charge in [0.1, 0.15) is 0 Å². The Morgan fingerprint density at radius 2 is 2.00 bits per heavy atom. The zero-order valence-electron chi connectivity index (χ0n) is 12.8. The summed E-state index contributed by atoms with van der Waals surface area (Å²) in [5, 5.41) is 3.81. The Labute approximate surface area is 113 Å². The van der Waals surface area contributed by atoms with Crippen LogP contribution in [-0.2, 0) is 0 Å². The fraction of sp³-hybridized carbons (Fsp3) is 0.875. The Morgan fingerprint density at radius 3 is 2.50 bits per heavy atom. The minimum Gasteiger partial charge on any atom is -0.310 e. The van der Waals surface area contributed by atoms with Crippen LogP contribution < -0.4 is 5.32 Å². The molecule has 0 aromatic carbocycles. The summed E-state index contributed by atoms with van der Waals surface area (Å²) in [7, 11) is 0. The highest BCUT2D eigenvalue weighted by atomic mass is 15.3. The molecule has 1 N–H and O–H groups in total. The van der Waals surface area contributed by atoms with E-state index in [1.54, 1.807) is 0 Å². The maximum atomic E-state index is 3.81. The molecule has 0 amide bonds. The summed E-state index contributed by atoms with van der Waals surface area (Å²) in [6.45, 7) is 15.1. The highest BCUT2D eigenvalue weighted by Gasteiger charge is 2.49. The smallest absolute Gasteiger partial charge is 0.0337 e. The monoisotopic (exact) mass is 250 g/mol. The van der Waals surface area contributed by atoms with Crippen LogP contribution in [0.1, 0.15) is 47.5 Å². The van der Waals surface area contributed by atoms with E-state index in [4.69, 9.17) is 0 Å². The Bertz CT molecular complexity index is 312. The summed E-state index contributed by atoms with van der Waals surface area (Å²) >= 11 is 0. The molecule has 2 fully saturated rings. The summed E-state index contributed by atoms with van der Waals surface area (Å²) in [5.74, 6) is 0.913. The van der Waals surface area contributed by atoms with Gasteiger partial charge in [0.25, 0.3) is 0 Å². The Kier molecular flexibility index (Phi) is 3.89. The molecule has 1 heterocycles. The lowest BCUT2D eigenvalue weighted by atomic mass is 9.81. The summed E-state index contributed by atoms with van der Waals surface area (Å²) in [5.41, 5.74) is 0.723. The van der Waals surface area contributed by atoms with Gasteiger partial charge >= 0.3 is 0 Å². The van der Waals surface area contributed by atoms with Crippen LogP contribution in [0.4, 0.5) is 0 Å². The second kappa shape index (κ2) is 4.97. The zero-order chi connectivity index (χ0) is 13.4. The normalized spacial score (nSPS) is 35.3. The van der Waals surface area contributed by atoms with Crippen molar-refractivity contribution in [2.75, 3.05) is 19.6 Å². The molecule has 2 unspecified atom stereocenters. The lowest BCUT2D eigenvalue weighted by Crippen LogP contribution is -2.66. The summed E-state index contributed by atoms with van der Waals surface area (Å²) in [4.78, 5) is 2.72. The molecular weight excluding hydrogens is 220 g/mol. The standard InChI is InChI=1S/C16H30N2/c1-6-7-10-18-11-14(15(2,3)4)17-12-16(18,5)13-8-9-13/h6-7,13-14,17H,8-12H2,1-5H3/b7-6+. The second-order valence-corrected chi connectivity index (χ2v) is 7.40. The van der Waals surface area contributed by atoms with Gasteiger partial charge in [0.15, 0.2) is 0 Å². The van der Waals surface area contributed by atoms with Gasteiger partial charge in [-0.15, -0.1) is 0 Å². The lowest BCUT2D eigenvalue weighted by molar-refractivity contribution is 0.0196. The quantitative estimate of drug-likeness (QED) is 0.775. The van der Waals surface area contributed by atoms with Crippen LogP contribution in [0.25, 0.3) is 0 Å². The first-order chi connectivity index (χ1) is 8.38. The van der Waals surface area contributed by atoms with Gasteiger partial charge in [-0.05, 0) is 38.0 Å². The van der Waals surface area contributed by atoms with Crippen molar-refractivity contribution < 1.29 is 0 Å². The van der Waals surface area contributed by atoms with Gasteiger partial charge in [-0.2, -0.15) is 0 Å². The molecule has 2 rings (SSSR count). The fourth-order valence-corrected chi connectivity index (χ4v) is 3.14. The number of nitrogens with one attached hydrogen (secondary N) is 1. The fourth-order valence-electron chi connectivity index (χ4n) is 3.14. The predicted octanol–water partition coefficient (Wildman–Crippen LogP) is 3.05. The van der Waals surface area contributed by atoms with Crippen molar-refractivity contribution in [3.63, 3.8) is 0 Å². The van der Waals surface area contributed by atoms with Crippen LogP contribution in [0, 0.1) is 11.3 Å². The van der Waals surface area contributed by atoms with E-state index in [0.29, 0.717) is 17.0 Å². The average Bonchev–Trinajstić information content (AvgIpc) is 3.10. The van der Waals surface area contributed by atoms with Gasteiger partial charge < -0.3 is 5.32 Å². The molecule has 0 bridgehead atoms. The van der Waals surface area contributed by atoms with Gasteiger partial charge in [-0.3, -0.25) is 4.90 Å². The van der Waals surface area contributed by atoms with E-state index in [0.717, 1.165) is 19.0 Å². The second-order valence-electron chi connectivity index (χ2n) is 7.40. The molecular formula is C16H30N2. The summed E-state index contributed by atoms with van der Waals surface area (Å²) in [6, 6.07) is 0.606.